The van der Waals surface area contributed by atoms with Gasteiger partial charge in [0, 0.05) is 19.5 Å². The maximum atomic E-state index is 11.8. The van der Waals surface area contributed by atoms with Crippen LogP contribution in [0.2, 0.25) is 0 Å². The first kappa shape index (κ1) is 18.8. The largest absolute Gasteiger partial charge is 0.378 e. The van der Waals surface area contributed by atoms with Crippen LogP contribution in [0.5, 0.6) is 0 Å². The van der Waals surface area contributed by atoms with Gasteiger partial charge in [0.25, 0.3) is 5.91 Å². The van der Waals surface area contributed by atoms with E-state index in [0.717, 1.165) is 37.6 Å². The van der Waals surface area contributed by atoms with Crippen molar-refractivity contribution in [3.05, 3.63) is 53.0 Å². The zero-order chi connectivity index (χ0) is 19.3. The van der Waals surface area contributed by atoms with Crippen molar-refractivity contribution in [2.45, 2.75) is 25.2 Å². The zero-order valence-corrected chi connectivity index (χ0v) is 16.1. The molecule has 2 aliphatic rings. The topological polar surface area (TPSA) is 93.4 Å². The maximum absolute atomic E-state index is 11.8. The van der Waals surface area contributed by atoms with Crippen LogP contribution in [0.25, 0.3) is 0 Å². The number of hydrogen-bond donors (Lipinski definition) is 2. The molecule has 2 saturated heterocycles. The van der Waals surface area contributed by atoms with Crippen LogP contribution in [0.1, 0.15) is 46.1 Å². The number of nitrogens with one attached hydrogen (secondary N) is 1. The molecule has 4 rings (SSSR count). The molecule has 0 atom stereocenters. The second-order valence-corrected chi connectivity index (χ2v) is 7.43. The molecule has 0 spiro atoms. The first-order valence-corrected chi connectivity index (χ1v) is 9.98. The monoisotopic (exact) mass is 381 g/mol. The third-order valence-corrected chi connectivity index (χ3v) is 5.56. The lowest BCUT2D eigenvalue weighted by Crippen LogP contribution is -2.37. The van der Waals surface area contributed by atoms with Crippen molar-refractivity contribution in [2.24, 2.45) is 5.73 Å². The molecular formula is C21H27N5O2. The van der Waals surface area contributed by atoms with Crippen molar-refractivity contribution in [3.8, 4) is 0 Å². The third-order valence-electron chi connectivity index (χ3n) is 5.56. The fraction of sp³-hybridized carbons (Fsp3) is 0.476. The van der Waals surface area contributed by atoms with E-state index in [4.69, 9.17) is 15.5 Å². The predicted molar refractivity (Wildman–Crippen MR) is 108 cm³/mol. The SMILES string of the molecule is NC(=O)c1ncc(N2CCOCC2)nc1Cc1ccc(C2CCNCC2)cc1. The standard InChI is InChI=1S/C21H27N5O2/c22-21(27)20-18(25-19(14-24-20)26-9-11-28-12-10-26)13-15-1-3-16(4-2-15)17-5-7-23-8-6-17/h1-4,14,17,23H,5-13H2,(H2,22,27). The molecule has 1 amide bonds. The Bertz CT molecular complexity index is 812. The Morgan fingerprint density at radius 3 is 2.57 bits per heavy atom. The molecule has 3 heterocycles. The van der Waals surface area contributed by atoms with Crippen LogP contribution in [-0.4, -0.2) is 55.3 Å². The molecule has 7 nitrogen and oxygen atoms in total. The molecule has 0 aliphatic carbocycles. The highest BCUT2D eigenvalue weighted by Crippen LogP contribution is 2.26. The van der Waals surface area contributed by atoms with Crippen molar-refractivity contribution >= 4 is 11.7 Å². The number of piperidine rings is 1. The van der Waals surface area contributed by atoms with E-state index in [1.165, 1.54) is 18.4 Å². The average molecular weight is 381 g/mol. The van der Waals surface area contributed by atoms with Gasteiger partial charge >= 0.3 is 0 Å². The lowest BCUT2D eigenvalue weighted by atomic mass is 9.89. The van der Waals surface area contributed by atoms with Gasteiger partial charge in [0.2, 0.25) is 0 Å². The number of aromatic nitrogens is 2. The number of anilines is 1. The van der Waals surface area contributed by atoms with E-state index in [-0.39, 0.29) is 5.69 Å². The second-order valence-electron chi connectivity index (χ2n) is 7.43. The summed E-state index contributed by atoms with van der Waals surface area (Å²) < 4.78 is 5.40. The minimum absolute atomic E-state index is 0.249. The number of nitrogens with two attached hydrogens (primary N) is 1. The Labute approximate surface area is 165 Å². The summed E-state index contributed by atoms with van der Waals surface area (Å²) in [5, 5.41) is 3.41. The number of morpholine rings is 1. The molecule has 0 saturated carbocycles. The van der Waals surface area contributed by atoms with E-state index >= 15 is 0 Å². The van der Waals surface area contributed by atoms with Crippen LogP contribution in [0.4, 0.5) is 5.82 Å². The van der Waals surface area contributed by atoms with Gasteiger partial charge in [-0.05, 0) is 43.0 Å². The first-order valence-electron chi connectivity index (χ1n) is 9.98. The molecule has 0 bridgehead atoms. The van der Waals surface area contributed by atoms with Crippen molar-refractivity contribution in [1.82, 2.24) is 15.3 Å². The summed E-state index contributed by atoms with van der Waals surface area (Å²) in [6.45, 7) is 5.06. The van der Waals surface area contributed by atoms with Crippen molar-refractivity contribution in [3.63, 3.8) is 0 Å². The molecular weight excluding hydrogens is 354 g/mol. The molecule has 3 N–H and O–H groups in total. The molecule has 2 aliphatic heterocycles. The summed E-state index contributed by atoms with van der Waals surface area (Å²) in [5.74, 6) is 0.859. The number of nitrogens with zero attached hydrogens (tertiary/aromatic N) is 3. The Morgan fingerprint density at radius 1 is 1.18 bits per heavy atom. The van der Waals surface area contributed by atoms with Crippen LogP contribution >= 0.6 is 0 Å². The maximum Gasteiger partial charge on any atom is 0.269 e. The molecule has 0 unspecified atom stereocenters. The number of amides is 1. The Kier molecular flexibility index (Phi) is 5.83. The number of hydrogen-bond acceptors (Lipinski definition) is 6. The number of carbonyl (C=O) groups excluding carboxylic acids is 1. The van der Waals surface area contributed by atoms with E-state index in [1.807, 2.05) is 0 Å². The van der Waals surface area contributed by atoms with Gasteiger partial charge in [-0.1, -0.05) is 24.3 Å². The molecule has 1 aromatic carbocycles. The number of ether oxygens (including phenoxy) is 1. The van der Waals surface area contributed by atoms with Crippen LogP contribution in [0.3, 0.4) is 0 Å². The van der Waals surface area contributed by atoms with Gasteiger partial charge in [-0.15, -0.1) is 0 Å². The van der Waals surface area contributed by atoms with Crippen molar-refractivity contribution in [2.75, 3.05) is 44.3 Å². The fourth-order valence-electron chi connectivity index (χ4n) is 3.95. The van der Waals surface area contributed by atoms with E-state index in [0.29, 0.717) is 31.2 Å². The lowest BCUT2D eigenvalue weighted by Gasteiger charge is -2.28. The highest BCUT2D eigenvalue weighted by atomic mass is 16.5. The van der Waals surface area contributed by atoms with Gasteiger partial charge in [-0.3, -0.25) is 4.79 Å². The minimum atomic E-state index is -0.539. The average Bonchev–Trinajstić information content (AvgIpc) is 2.75. The number of benzene rings is 1. The van der Waals surface area contributed by atoms with Gasteiger partial charge < -0.3 is 20.7 Å². The van der Waals surface area contributed by atoms with Gasteiger partial charge in [0.15, 0.2) is 0 Å². The Morgan fingerprint density at radius 2 is 1.89 bits per heavy atom. The van der Waals surface area contributed by atoms with Gasteiger partial charge in [0.1, 0.15) is 11.5 Å². The van der Waals surface area contributed by atoms with Crippen LogP contribution < -0.4 is 16.0 Å². The predicted octanol–water partition coefficient (Wildman–Crippen LogP) is 1.47. The lowest BCUT2D eigenvalue weighted by molar-refractivity contribution is 0.0994. The van der Waals surface area contributed by atoms with Gasteiger partial charge in [0.05, 0.1) is 25.1 Å². The molecule has 28 heavy (non-hydrogen) atoms. The summed E-state index contributed by atoms with van der Waals surface area (Å²) in [6.07, 6.45) is 4.53. The van der Waals surface area contributed by atoms with Crippen LogP contribution in [0.15, 0.2) is 30.5 Å². The Balaban J connectivity index is 1.54. The van der Waals surface area contributed by atoms with Crippen LogP contribution in [0, 0.1) is 0 Å². The molecule has 148 valence electrons. The highest BCUT2D eigenvalue weighted by Gasteiger charge is 2.19. The minimum Gasteiger partial charge on any atom is -0.378 e. The molecule has 2 aromatic rings. The summed E-state index contributed by atoms with van der Waals surface area (Å²) in [6, 6.07) is 8.67. The summed E-state index contributed by atoms with van der Waals surface area (Å²) in [4.78, 5) is 23.0. The van der Waals surface area contributed by atoms with Crippen molar-refractivity contribution < 1.29 is 9.53 Å². The second kappa shape index (κ2) is 8.67. The third kappa shape index (κ3) is 4.31. The van der Waals surface area contributed by atoms with Gasteiger partial charge in [-0.2, -0.15) is 0 Å². The summed E-state index contributed by atoms with van der Waals surface area (Å²) in [7, 11) is 0. The number of carbonyl (C=O) groups is 1. The van der Waals surface area contributed by atoms with E-state index < -0.39 is 5.91 Å². The van der Waals surface area contributed by atoms with Gasteiger partial charge in [-0.25, -0.2) is 9.97 Å². The molecule has 1 aromatic heterocycles. The number of rotatable bonds is 5. The molecule has 2 fully saturated rings. The molecule has 7 heteroatoms. The summed E-state index contributed by atoms with van der Waals surface area (Å²) in [5.41, 5.74) is 8.91. The fourth-order valence-corrected chi connectivity index (χ4v) is 3.95. The van der Waals surface area contributed by atoms with Crippen LogP contribution in [-0.2, 0) is 11.2 Å². The summed E-state index contributed by atoms with van der Waals surface area (Å²) >= 11 is 0. The van der Waals surface area contributed by atoms with Crippen molar-refractivity contribution in [1.29, 1.82) is 0 Å². The zero-order valence-electron chi connectivity index (χ0n) is 16.1. The normalized spacial score (nSPS) is 18.2. The molecule has 0 radical (unpaired) electrons. The first-order chi connectivity index (χ1) is 13.7. The van der Waals surface area contributed by atoms with E-state index in [2.05, 4.69) is 39.5 Å². The number of primary amides is 1. The smallest absolute Gasteiger partial charge is 0.269 e. The van der Waals surface area contributed by atoms with E-state index in [9.17, 15) is 4.79 Å². The van der Waals surface area contributed by atoms with E-state index in [1.54, 1.807) is 6.20 Å². The Hall–Kier alpha value is -2.51. The quantitative estimate of drug-likeness (QED) is 0.815. The highest BCUT2D eigenvalue weighted by molar-refractivity contribution is 5.92.